The van der Waals surface area contributed by atoms with Crippen molar-refractivity contribution in [1.29, 1.82) is 0 Å². The average molecular weight is 428 g/mol. The number of aryl methyl sites for hydroxylation is 2. The summed E-state index contributed by atoms with van der Waals surface area (Å²) in [6.07, 6.45) is 7.43. The molecule has 1 aliphatic heterocycles. The second kappa shape index (κ2) is 8.87. The largest absolute Gasteiger partial charge is 0.370 e. The lowest BCUT2D eigenvalue weighted by molar-refractivity contribution is 0.214. The van der Waals surface area contributed by atoms with Crippen molar-refractivity contribution in [3.8, 4) is 0 Å². The van der Waals surface area contributed by atoms with E-state index in [4.69, 9.17) is 5.73 Å². The van der Waals surface area contributed by atoms with Crippen LogP contribution in [0.3, 0.4) is 0 Å². The Labute approximate surface area is 156 Å². The van der Waals surface area contributed by atoms with Gasteiger partial charge in [0.05, 0.1) is 0 Å². The molecule has 0 aromatic heterocycles. The number of piperidine rings is 1. The highest BCUT2D eigenvalue weighted by Crippen LogP contribution is 2.24. The van der Waals surface area contributed by atoms with Crippen LogP contribution in [-0.4, -0.2) is 37.5 Å². The number of hydrogen-bond donors (Lipinski definition) is 2. The third-order valence-corrected chi connectivity index (χ3v) is 5.03. The number of nitrogens with two attached hydrogens (primary N) is 1. The van der Waals surface area contributed by atoms with E-state index in [-0.39, 0.29) is 24.0 Å². The molecule has 0 saturated carbocycles. The van der Waals surface area contributed by atoms with Crippen molar-refractivity contribution in [1.82, 2.24) is 4.90 Å². The average Bonchev–Trinajstić information content (AvgIpc) is 2.97. The minimum absolute atomic E-state index is 0. The summed E-state index contributed by atoms with van der Waals surface area (Å²) in [6, 6.07) is 6.56. The molecule has 0 amide bonds. The van der Waals surface area contributed by atoms with E-state index in [9.17, 15) is 0 Å². The molecule has 2 aliphatic rings. The van der Waals surface area contributed by atoms with E-state index in [2.05, 4.69) is 40.5 Å². The van der Waals surface area contributed by atoms with Crippen LogP contribution in [0.4, 0.5) is 5.69 Å². The van der Waals surface area contributed by atoms with Crippen LogP contribution in [0.5, 0.6) is 0 Å². The van der Waals surface area contributed by atoms with Gasteiger partial charge in [-0.05, 0) is 87.8 Å². The van der Waals surface area contributed by atoms with Gasteiger partial charge in [-0.15, -0.1) is 24.0 Å². The monoisotopic (exact) mass is 428 g/mol. The van der Waals surface area contributed by atoms with Gasteiger partial charge < -0.3 is 16.0 Å². The second-order valence-electron chi connectivity index (χ2n) is 6.76. The van der Waals surface area contributed by atoms with Crippen molar-refractivity contribution >= 4 is 35.6 Å². The third kappa shape index (κ3) is 5.35. The molecule has 1 aliphatic carbocycles. The van der Waals surface area contributed by atoms with E-state index in [1.807, 2.05) is 0 Å². The van der Waals surface area contributed by atoms with Crippen molar-refractivity contribution in [2.24, 2.45) is 16.6 Å². The molecule has 0 unspecified atom stereocenters. The summed E-state index contributed by atoms with van der Waals surface area (Å²) in [5.74, 6) is 1.36. The van der Waals surface area contributed by atoms with Crippen molar-refractivity contribution < 1.29 is 0 Å². The van der Waals surface area contributed by atoms with Gasteiger partial charge in [0.25, 0.3) is 0 Å². The van der Waals surface area contributed by atoms with Gasteiger partial charge in [0.1, 0.15) is 0 Å². The van der Waals surface area contributed by atoms with Gasteiger partial charge in [-0.2, -0.15) is 0 Å². The molecule has 0 bridgehead atoms. The standard InChI is InChI=1S/C18H28N4.HI/c1-22-11-8-14(9-12-22)7-10-20-18(19)21-17-6-5-15-3-2-4-16(15)13-17;/h5-6,13-14H,2-4,7-12H2,1H3,(H3,19,20,21);1H. The van der Waals surface area contributed by atoms with Crippen LogP contribution in [0, 0.1) is 5.92 Å². The Balaban J connectivity index is 0.00000192. The van der Waals surface area contributed by atoms with Crippen LogP contribution in [0.15, 0.2) is 23.2 Å². The van der Waals surface area contributed by atoms with Crippen LogP contribution in [0.2, 0.25) is 0 Å². The van der Waals surface area contributed by atoms with E-state index >= 15 is 0 Å². The first kappa shape index (κ1) is 18.5. The number of benzene rings is 1. The Kier molecular flexibility index (Phi) is 7.14. The Bertz CT molecular complexity index is 536. The lowest BCUT2D eigenvalue weighted by Crippen LogP contribution is -2.30. The van der Waals surface area contributed by atoms with E-state index in [0.717, 1.165) is 24.6 Å². The predicted molar refractivity (Wildman–Crippen MR) is 109 cm³/mol. The molecule has 1 heterocycles. The molecular weight excluding hydrogens is 399 g/mol. The lowest BCUT2D eigenvalue weighted by atomic mass is 9.94. The zero-order valence-corrected chi connectivity index (χ0v) is 16.4. The maximum absolute atomic E-state index is 6.02. The molecule has 128 valence electrons. The van der Waals surface area contributed by atoms with Gasteiger partial charge in [0.2, 0.25) is 0 Å². The first-order valence-electron chi connectivity index (χ1n) is 8.58. The minimum atomic E-state index is 0. The summed E-state index contributed by atoms with van der Waals surface area (Å²) >= 11 is 0. The van der Waals surface area contributed by atoms with Crippen LogP contribution in [0.1, 0.15) is 36.8 Å². The molecule has 3 N–H and O–H groups in total. The fourth-order valence-corrected chi connectivity index (χ4v) is 3.56. The number of nitrogens with one attached hydrogen (secondary N) is 1. The molecule has 0 atom stereocenters. The van der Waals surface area contributed by atoms with E-state index in [1.165, 1.54) is 56.3 Å². The molecule has 1 aromatic rings. The molecule has 1 fully saturated rings. The topological polar surface area (TPSA) is 53.6 Å². The van der Waals surface area contributed by atoms with Crippen molar-refractivity contribution in [3.05, 3.63) is 29.3 Å². The third-order valence-electron chi connectivity index (χ3n) is 5.03. The highest BCUT2D eigenvalue weighted by atomic mass is 127. The summed E-state index contributed by atoms with van der Waals surface area (Å²) in [5, 5.41) is 3.24. The maximum atomic E-state index is 6.02. The number of anilines is 1. The number of likely N-dealkylation sites (tertiary alicyclic amines) is 1. The number of guanidine groups is 1. The number of rotatable bonds is 4. The summed E-state index contributed by atoms with van der Waals surface area (Å²) in [7, 11) is 2.20. The molecule has 3 rings (SSSR count). The van der Waals surface area contributed by atoms with Crippen LogP contribution in [0.25, 0.3) is 0 Å². The zero-order chi connectivity index (χ0) is 15.4. The number of aliphatic imine (C=N–C) groups is 1. The smallest absolute Gasteiger partial charge is 0.193 e. The Morgan fingerprint density at radius 3 is 2.78 bits per heavy atom. The Hall–Kier alpha value is -0.820. The molecule has 5 heteroatoms. The maximum Gasteiger partial charge on any atom is 0.193 e. The lowest BCUT2D eigenvalue weighted by Gasteiger charge is -2.28. The molecule has 1 aromatic carbocycles. The van der Waals surface area contributed by atoms with E-state index in [0.29, 0.717) is 5.96 Å². The predicted octanol–water partition coefficient (Wildman–Crippen LogP) is 3.25. The number of nitrogens with zero attached hydrogens (tertiary/aromatic N) is 2. The normalized spacial score (nSPS) is 19.3. The van der Waals surface area contributed by atoms with Gasteiger partial charge in [0.15, 0.2) is 5.96 Å². The van der Waals surface area contributed by atoms with Gasteiger partial charge >= 0.3 is 0 Å². The molecule has 0 radical (unpaired) electrons. The van der Waals surface area contributed by atoms with Crippen molar-refractivity contribution in [2.45, 2.75) is 38.5 Å². The summed E-state index contributed by atoms with van der Waals surface area (Å²) in [5.41, 5.74) is 10.0. The number of fused-ring (bicyclic) bond motifs is 1. The Morgan fingerprint density at radius 2 is 2.00 bits per heavy atom. The molecule has 4 nitrogen and oxygen atoms in total. The van der Waals surface area contributed by atoms with Gasteiger partial charge in [0, 0.05) is 12.2 Å². The highest BCUT2D eigenvalue weighted by Gasteiger charge is 2.16. The minimum Gasteiger partial charge on any atom is -0.370 e. The molecule has 1 saturated heterocycles. The van der Waals surface area contributed by atoms with Crippen LogP contribution < -0.4 is 11.1 Å². The van der Waals surface area contributed by atoms with Crippen molar-refractivity contribution in [2.75, 3.05) is 32.0 Å². The fraction of sp³-hybridized carbons (Fsp3) is 0.611. The summed E-state index contributed by atoms with van der Waals surface area (Å²) < 4.78 is 0. The Morgan fingerprint density at radius 1 is 1.26 bits per heavy atom. The quantitative estimate of drug-likeness (QED) is 0.440. The molecule has 0 spiro atoms. The molecular formula is C18H29IN4. The first-order chi connectivity index (χ1) is 10.7. The molecule has 23 heavy (non-hydrogen) atoms. The van der Waals surface area contributed by atoms with E-state index in [1.54, 1.807) is 0 Å². The van der Waals surface area contributed by atoms with Crippen molar-refractivity contribution in [3.63, 3.8) is 0 Å². The van der Waals surface area contributed by atoms with Crippen LogP contribution in [-0.2, 0) is 12.8 Å². The summed E-state index contributed by atoms with van der Waals surface area (Å²) in [4.78, 5) is 6.90. The number of halogens is 1. The van der Waals surface area contributed by atoms with Gasteiger partial charge in [-0.1, -0.05) is 6.07 Å². The number of hydrogen-bond acceptors (Lipinski definition) is 2. The zero-order valence-electron chi connectivity index (χ0n) is 14.1. The summed E-state index contributed by atoms with van der Waals surface area (Å²) in [6.45, 7) is 3.27. The fourth-order valence-electron chi connectivity index (χ4n) is 3.56. The van der Waals surface area contributed by atoms with Crippen LogP contribution >= 0.6 is 24.0 Å². The SMILES string of the molecule is CN1CCC(CCN=C(N)Nc2ccc3c(c2)CCC3)CC1.I. The first-order valence-corrected chi connectivity index (χ1v) is 8.58. The second-order valence-corrected chi connectivity index (χ2v) is 6.76. The van der Waals surface area contributed by atoms with Gasteiger partial charge in [-0.3, -0.25) is 4.99 Å². The van der Waals surface area contributed by atoms with Gasteiger partial charge in [-0.25, -0.2) is 0 Å². The highest BCUT2D eigenvalue weighted by molar-refractivity contribution is 14.0. The van der Waals surface area contributed by atoms with E-state index < -0.39 is 0 Å².